The Hall–Kier alpha value is -0.810. The molecule has 0 aromatic carbocycles. The first kappa shape index (κ1) is 17.0. The lowest BCUT2D eigenvalue weighted by Crippen LogP contribution is -2.46. The van der Waals surface area contributed by atoms with E-state index in [1.165, 1.54) is 32.2 Å². The van der Waals surface area contributed by atoms with Crippen molar-refractivity contribution >= 4 is 5.96 Å². The van der Waals surface area contributed by atoms with Gasteiger partial charge in [-0.1, -0.05) is 19.8 Å². The van der Waals surface area contributed by atoms with Crippen LogP contribution in [0.25, 0.3) is 0 Å². The number of rotatable bonds is 5. The summed E-state index contributed by atoms with van der Waals surface area (Å²) >= 11 is 0. The van der Waals surface area contributed by atoms with E-state index in [0.29, 0.717) is 12.6 Å². The zero-order valence-corrected chi connectivity index (χ0v) is 14.9. The van der Waals surface area contributed by atoms with Crippen LogP contribution in [-0.4, -0.2) is 60.3 Å². The van der Waals surface area contributed by atoms with E-state index < -0.39 is 0 Å². The third-order valence-electron chi connectivity index (χ3n) is 5.85. The number of hydrogen-bond donors (Lipinski definition) is 3. The molecule has 1 heterocycles. The summed E-state index contributed by atoms with van der Waals surface area (Å²) in [5.41, 5.74) is -0.0592. The second-order valence-corrected chi connectivity index (χ2v) is 7.97. The van der Waals surface area contributed by atoms with Gasteiger partial charge in [0.05, 0.1) is 12.6 Å². The molecule has 0 amide bonds. The number of guanidine groups is 1. The van der Waals surface area contributed by atoms with Crippen molar-refractivity contribution in [2.45, 2.75) is 77.0 Å². The highest BCUT2D eigenvalue weighted by Crippen LogP contribution is 2.36. The average molecular weight is 322 g/mol. The molecule has 3 N–H and O–H groups in total. The minimum atomic E-state index is -0.209. The lowest BCUT2D eigenvalue weighted by atomic mass is 9.73. The molecule has 2 aliphatic carbocycles. The van der Waals surface area contributed by atoms with Crippen LogP contribution >= 0.6 is 0 Å². The molecule has 3 unspecified atom stereocenters. The lowest BCUT2D eigenvalue weighted by molar-refractivity contribution is 0.00715. The van der Waals surface area contributed by atoms with Crippen LogP contribution in [0.2, 0.25) is 0 Å². The Bertz CT molecular complexity index is 423. The highest BCUT2D eigenvalue weighted by Gasteiger charge is 2.36. The Morgan fingerprint density at radius 3 is 2.78 bits per heavy atom. The van der Waals surface area contributed by atoms with Crippen molar-refractivity contribution in [3.05, 3.63) is 0 Å². The standard InChI is InChI=1S/C18H34N4O/c1-3-19-17(20-13-18(2)10-5-4-6-16(18)23)21-14-9-11-22(12-14)15-7-8-15/h14-16,23H,3-13H2,1-2H3,(H2,19,20,21). The number of aliphatic hydroxyl groups excluding tert-OH is 1. The van der Waals surface area contributed by atoms with Crippen LogP contribution in [0.15, 0.2) is 4.99 Å². The van der Waals surface area contributed by atoms with Crippen molar-refractivity contribution < 1.29 is 5.11 Å². The summed E-state index contributed by atoms with van der Waals surface area (Å²) in [6.07, 6.45) is 8.14. The first-order valence-corrected chi connectivity index (χ1v) is 9.58. The smallest absolute Gasteiger partial charge is 0.191 e. The SMILES string of the molecule is CCNC(=NCC1(C)CCCCC1O)NC1CCN(C2CC2)C1. The number of aliphatic imine (C=N–C) groups is 1. The van der Waals surface area contributed by atoms with Crippen LogP contribution in [-0.2, 0) is 0 Å². The molecule has 0 spiro atoms. The summed E-state index contributed by atoms with van der Waals surface area (Å²) in [6.45, 7) is 8.26. The van der Waals surface area contributed by atoms with E-state index in [1.807, 2.05) is 0 Å². The van der Waals surface area contributed by atoms with Crippen molar-refractivity contribution in [3.8, 4) is 0 Å². The molecule has 1 saturated heterocycles. The maximum Gasteiger partial charge on any atom is 0.191 e. The molecule has 1 aliphatic heterocycles. The van der Waals surface area contributed by atoms with Crippen LogP contribution in [0.4, 0.5) is 0 Å². The van der Waals surface area contributed by atoms with Crippen molar-refractivity contribution in [2.24, 2.45) is 10.4 Å². The van der Waals surface area contributed by atoms with Gasteiger partial charge in [0.15, 0.2) is 5.96 Å². The number of aliphatic hydroxyl groups is 1. The fraction of sp³-hybridized carbons (Fsp3) is 0.944. The molecule has 3 aliphatic rings. The summed E-state index contributed by atoms with van der Waals surface area (Å²) < 4.78 is 0. The molecule has 3 fully saturated rings. The molecular formula is C18H34N4O. The van der Waals surface area contributed by atoms with Gasteiger partial charge in [-0.25, -0.2) is 0 Å². The zero-order valence-electron chi connectivity index (χ0n) is 14.9. The predicted octanol–water partition coefficient (Wildman–Crippen LogP) is 1.72. The summed E-state index contributed by atoms with van der Waals surface area (Å²) in [5, 5.41) is 17.3. The third kappa shape index (κ3) is 4.38. The first-order valence-electron chi connectivity index (χ1n) is 9.58. The van der Waals surface area contributed by atoms with Crippen molar-refractivity contribution in [3.63, 3.8) is 0 Å². The molecule has 3 atom stereocenters. The summed E-state index contributed by atoms with van der Waals surface area (Å²) in [7, 11) is 0. The molecule has 5 nitrogen and oxygen atoms in total. The van der Waals surface area contributed by atoms with Crippen LogP contribution in [0.1, 0.15) is 58.8 Å². The monoisotopic (exact) mass is 322 g/mol. The van der Waals surface area contributed by atoms with Gasteiger partial charge in [-0.2, -0.15) is 0 Å². The number of nitrogens with one attached hydrogen (secondary N) is 2. The fourth-order valence-corrected chi connectivity index (χ4v) is 4.02. The Morgan fingerprint density at radius 2 is 2.09 bits per heavy atom. The predicted molar refractivity (Wildman–Crippen MR) is 94.7 cm³/mol. The van der Waals surface area contributed by atoms with Gasteiger partial charge < -0.3 is 15.7 Å². The maximum absolute atomic E-state index is 10.3. The lowest BCUT2D eigenvalue weighted by Gasteiger charge is -2.37. The molecular weight excluding hydrogens is 288 g/mol. The Kier molecular flexibility index (Phi) is 5.47. The van der Waals surface area contributed by atoms with E-state index >= 15 is 0 Å². The maximum atomic E-state index is 10.3. The number of hydrogen-bond acceptors (Lipinski definition) is 3. The van der Waals surface area contributed by atoms with E-state index in [9.17, 15) is 5.11 Å². The van der Waals surface area contributed by atoms with Gasteiger partial charge in [0, 0.05) is 37.1 Å². The minimum Gasteiger partial charge on any atom is -0.392 e. The number of nitrogens with zero attached hydrogens (tertiary/aromatic N) is 2. The normalized spacial score (nSPS) is 36.2. The first-order chi connectivity index (χ1) is 11.1. The van der Waals surface area contributed by atoms with Gasteiger partial charge in [0.1, 0.15) is 0 Å². The zero-order chi connectivity index (χ0) is 16.3. The van der Waals surface area contributed by atoms with Gasteiger partial charge in [-0.15, -0.1) is 0 Å². The Labute approximate surface area is 140 Å². The van der Waals surface area contributed by atoms with E-state index in [-0.39, 0.29) is 11.5 Å². The fourth-order valence-electron chi connectivity index (χ4n) is 4.02. The topological polar surface area (TPSA) is 59.9 Å². The van der Waals surface area contributed by atoms with Crippen LogP contribution in [0, 0.1) is 5.41 Å². The molecule has 0 radical (unpaired) electrons. The van der Waals surface area contributed by atoms with Gasteiger partial charge in [-0.3, -0.25) is 9.89 Å². The molecule has 132 valence electrons. The molecule has 0 aromatic rings. The van der Waals surface area contributed by atoms with E-state index in [4.69, 9.17) is 4.99 Å². The highest BCUT2D eigenvalue weighted by atomic mass is 16.3. The highest BCUT2D eigenvalue weighted by molar-refractivity contribution is 5.80. The summed E-state index contributed by atoms with van der Waals surface area (Å²) in [6, 6.07) is 1.37. The van der Waals surface area contributed by atoms with Gasteiger partial charge >= 0.3 is 0 Å². The largest absolute Gasteiger partial charge is 0.392 e. The second kappa shape index (κ2) is 7.39. The van der Waals surface area contributed by atoms with Crippen molar-refractivity contribution in [1.29, 1.82) is 0 Å². The second-order valence-electron chi connectivity index (χ2n) is 7.97. The van der Waals surface area contributed by atoms with E-state index in [1.54, 1.807) is 0 Å². The van der Waals surface area contributed by atoms with Crippen LogP contribution in [0.3, 0.4) is 0 Å². The Balaban J connectivity index is 1.54. The minimum absolute atomic E-state index is 0.0592. The van der Waals surface area contributed by atoms with Gasteiger partial charge in [-0.05, 0) is 39.0 Å². The van der Waals surface area contributed by atoms with Crippen LogP contribution < -0.4 is 10.6 Å². The third-order valence-corrected chi connectivity index (χ3v) is 5.85. The van der Waals surface area contributed by atoms with E-state index in [0.717, 1.165) is 44.4 Å². The van der Waals surface area contributed by atoms with Gasteiger partial charge in [0.25, 0.3) is 0 Å². The molecule has 23 heavy (non-hydrogen) atoms. The van der Waals surface area contributed by atoms with Crippen molar-refractivity contribution in [1.82, 2.24) is 15.5 Å². The van der Waals surface area contributed by atoms with E-state index in [2.05, 4.69) is 29.4 Å². The summed E-state index contributed by atoms with van der Waals surface area (Å²) in [4.78, 5) is 7.44. The molecule has 0 aromatic heterocycles. The molecule has 5 heteroatoms. The molecule has 3 rings (SSSR count). The summed E-state index contributed by atoms with van der Waals surface area (Å²) in [5.74, 6) is 0.925. The quantitative estimate of drug-likeness (QED) is 0.533. The van der Waals surface area contributed by atoms with Crippen LogP contribution in [0.5, 0.6) is 0 Å². The van der Waals surface area contributed by atoms with Crippen molar-refractivity contribution in [2.75, 3.05) is 26.2 Å². The van der Waals surface area contributed by atoms with Gasteiger partial charge in [0.2, 0.25) is 0 Å². The molecule has 0 bridgehead atoms. The average Bonchev–Trinajstić information content (AvgIpc) is 3.29. The number of likely N-dealkylation sites (tertiary alicyclic amines) is 1. The Morgan fingerprint density at radius 1 is 1.26 bits per heavy atom. The molecule has 2 saturated carbocycles.